The van der Waals surface area contributed by atoms with Crippen LogP contribution in [0.2, 0.25) is 0 Å². The van der Waals surface area contributed by atoms with Crippen LogP contribution in [0.1, 0.15) is 40.5 Å². The molecule has 0 spiro atoms. The molecular weight excluding hydrogens is 488 g/mol. The lowest BCUT2D eigenvalue weighted by atomic mass is 9.85. The average Bonchev–Trinajstić information content (AvgIpc) is 3.28. The number of piperazine rings is 1. The normalized spacial score (nSPS) is 23.3. The van der Waals surface area contributed by atoms with E-state index in [0.717, 1.165) is 18.8 Å². The molecule has 12 nitrogen and oxygen atoms in total. The first-order valence-corrected chi connectivity index (χ1v) is 13.3. The third-order valence-corrected chi connectivity index (χ3v) is 7.06. The topological polar surface area (TPSA) is 169 Å². The minimum atomic E-state index is -0.722. The first-order chi connectivity index (χ1) is 17.8. The monoisotopic (exact) mass is 532 g/mol. The van der Waals surface area contributed by atoms with Gasteiger partial charge in [-0.3, -0.25) is 14.4 Å². The van der Waals surface area contributed by atoms with E-state index in [2.05, 4.69) is 27.8 Å². The van der Waals surface area contributed by atoms with Gasteiger partial charge in [0.1, 0.15) is 6.04 Å². The first kappa shape index (κ1) is 29.2. The molecule has 0 aromatic rings. The summed E-state index contributed by atoms with van der Waals surface area (Å²) in [5, 5.41) is 18.6. The molecule has 0 aliphatic carbocycles. The lowest BCUT2D eigenvalue weighted by Crippen LogP contribution is -2.55. The van der Waals surface area contributed by atoms with E-state index in [0.29, 0.717) is 37.6 Å². The Morgan fingerprint density at radius 1 is 1.16 bits per heavy atom. The first-order valence-electron chi connectivity index (χ1n) is 13.3. The zero-order valence-corrected chi connectivity index (χ0v) is 23.0. The Kier molecular flexibility index (Phi) is 9.53. The van der Waals surface area contributed by atoms with E-state index in [1.165, 1.54) is 6.20 Å². The highest BCUT2D eigenvalue weighted by atomic mass is 16.3. The molecular formula is C26H44N8O4. The van der Waals surface area contributed by atoms with Crippen LogP contribution in [-0.4, -0.2) is 102 Å². The van der Waals surface area contributed by atoms with Gasteiger partial charge in [0.05, 0.1) is 30.9 Å². The Hall–Kier alpha value is -3.41. The van der Waals surface area contributed by atoms with E-state index in [-0.39, 0.29) is 43.3 Å². The molecule has 3 rings (SSSR count). The third-order valence-electron chi connectivity index (χ3n) is 7.06. The van der Waals surface area contributed by atoms with Crippen molar-refractivity contribution in [3.05, 3.63) is 35.6 Å². The molecule has 0 aromatic carbocycles. The van der Waals surface area contributed by atoms with Gasteiger partial charge in [-0.2, -0.15) is 0 Å². The fraction of sp³-hybridized carbons (Fsp3) is 0.654. The van der Waals surface area contributed by atoms with E-state index in [1.54, 1.807) is 9.80 Å². The predicted molar refractivity (Wildman–Crippen MR) is 145 cm³/mol. The van der Waals surface area contributed by atoms with Crippen LogP contribution >= 0.6 is 0 Å². The predicted octanol–water partition coefficient (Wildman–Crippen LogP) is -1.29. The number of nitrogens with two attached hydrogens (primary N) is 2. The molecule has 2 saturated heterocycles. The van der Waals surface area contributed by atoms with Crippen molar-refractivity contribution in [3.8, 4) is 0 Å². The van der Waals surface area contributed by atoms with Gasteiger partial charge in [-0.05, 0) is 30.9 Å². The van der Waals surface area contributed by atoms with E-state index in [9.17, 15) is 19.5 Å². The standard InChI is InChI=1S/C26H44N8O4/c1-17-20(5-6-21(28)30-17)32-9-11-33(12-10-32)23(37)13-18(27)14-29-15-22(36)31-24(26(2,3)4)25(38)34-8-7-19(35)16-34/h5-6,14,17,19,24,29-30,35H,7-13,15-16,27-28H2,1-4H3,(H,31,36)/b18-14-/t17?,19-,24-/m1/s1. The molecule has 3 aliphatic rings. The number of carbonyl (C=O) groups excluding carboxylic acids is 3. The van der Waals surface area contributed by atoms with Crippen molar-refractivity contribution in [2.24, 2.45) is 16.9 Å². The fourth-order valence-electron chi connectivity index (χ4n) is 4.88. The number of hydrogen-bond acceptors (Lipinski definition) is 9. The van der Waals surface area contributed by atoms with Gasteiger partial charge in [0.25, 0.3) is 0 Å². The number of dihydropyridines is 1. The van der Waals surface area contributed by atoms with Crippen LogP contribution in [-0.2, 0) is 14.4 Å². The second kappa shape index (κ2) is 12.4. The summed E-state index contributed by atoms with van der Waals surface area (Å²) in [6, 6.07) is -0.603. The molecule has 0 aromatic heterocycles. The molecule has 12 heteroatoms. The van der Waals surface area contributed by atoms with Crippen molar-refractivity contribution in [1.29, 1.82) is 0 Å². The number of aliphatic hydroxyl groups excluding tert-OH is 1. The SMILES string of the molecule is CC1NC(N)=CC=C1N1CCN(C(=O)C/C(N)=C/NCC(=O)N[C@H](C(=O)N2CC[C@@H](O)C2)C(C)(C)C)CC1. The van der Waals surface area contributed by atoms with Crippen molar-refractivity contribution >= 4 is 17.7 Å². The summed E-state index contributed by atoms with van der Waals surface area (Å²) in [4.78, 5) is 43.9. The van der Waals surface area contributed by atoms with E-state index >= 15 is 0 Å². The number of carbonyl (C=O) groups is 3. The van der Waals surface area contributed by atoms with Crippen LogP contribution in [0.15, 0.2) is 35.6 Å². The summed E-state index contributed by atoms with van der Waals surface area (Å²) in [6.07, 6.45) is 5.41. The van der Waals surface area contributed by atoms with Crippen molar-refractivity contribution in [2.45, 2.75) is 58.7 Å². The number of aliphatic hydroxyl groups is 1. The lowest BCUT2D eigenvalue weighted by Gasteiger charge is -2.40. The minimum absolute atomic E-state index is 0.0505. The summed E-state index contributed by atoms with van der Waals surface area (Å²) in [6.45, 7) is 11.0. The van der Waals surface area contributed by atoms with Crippen molar-refractivity contribution in [3.63, 3.8) is 0 Å². The number of allylic oxidation sites excluding steroid dienone is 2. The molecule has 8 N–H and O–H groups in total. The second-order valence-corrected chi connectivity index (χ2v) is 11.3. The van der Waals surface area contributed by atoms with Crippen molar-refractivity contribution < 1.29 is 19.5 Å². The van der Waals surface area contributed by atoms with Gasteiger partial charge in [0.15, 0.2) is 0 Å². The average molecular weight is 533 g/mol. The molecule has 1 unspecified atom stereocenters. The zero-order chi connectivity index (χ0) is 28.0. The highest BCUT2D eigenvalue weighted by Crippen LogP contribution is 2.23. The summed E-state index contributed by atoms with van der Waals surface area (Å²) in [5.41, 5.74) is 12.8. The van der Waals surface area contributed by atoms with Crippen LogP contribution in [0, 0.1) is 5.41 Å². The number of hydrogen-bond donors (Lipinski definition) is 6. The summed E-state index contributed by atoms with van der Waals surface area (Å²) >= 11 is 0. The van der Waals surface area contributed by atoms with Gasteiger partial charge >= 0.3 is 0 Å². The van der Waals surface area contributed by atoms with E-state index in [4.69, 9.17) is 11.5 Å². The molecule has 0 bridgehead atoms. The minimum Gasteiger partial charge on any atom is -0.400 e. The second-order valence-electron chi connectivity index (χ2n) is 11.3. The van der Waals surface area contributed by atoms with Crippen molar-refractivity contribution in [1.82, 2.24) is 30.7 Å². The van der Waals surface area contributed by atoms with Gasteiger partial charge in [-0.15, -0.1) is 0 Å². The molecule has 212 valence electrons. The Morgan fingerprint density at radius 2 is 1.84 bits per heavy atom. The summed E-state index contributed by atoms with van der Waals surface area (Å²) < 4.78 is 0. The molecule has 3 amide bonds. The quantitative estimate of drug-likeness (QED) is 0.223. The van der Waals surface area contributed by atoms with Crippen LogP contribution in [0.4, 0.5) is 0 Å². The molecule has 38 heavy (non-hydrogen) atoms. The third kappa shape index (κ3) is 7.80. The van der Waals surface area contributed by atoms with Gasteiger partial charge < -0.3 is 47.2 Å². The molecule has 3 aliphatic heterocycles. The molecule has 0 saturated carbocycles. The number of nitrogens with zero attached hydrogens (tertiary/aromatic N) is 3. The maximum Gasteiger partial charge on any atom is 0.245 e. The maximum absolute atomic E-state index is 13.0. The molecule has 3 heterocycles. The van der Waals surface area contributed by atoms with Crippen LogP contribution < -0.4 is 27.4 Å². The smallest absolute Gasteiger partial charge is 0.245 e. The number of rotatable bonds is 8. The van der Waals surface area contributed by atoms with Crippen molar-refractivity contribution in [2.75, 3.05) is 45.8 Å². The number of amides is 3. The summed E-state index contributed by atoms with van der Waals surface area (Å²) in [7, 11) is 0. The van der Waals surface area contributed by atoms with Gasteiger partial charge in [0.2, 0.25) is 17.7 Å². The van der Waals surface area contributed by atoms with Gasteiger partial charge in [-0.25, -0.2) is 0 Å². The number of nitrogens with one attached hydrogen (secondary N) is 3. The van der Waals surface area contributed by atoms with Gasteiger partial charge in [0, 0.05) is 56.9 Å². The Labute approximate surface area is 225 Å². The molecule has 3 atom stereocenters. The Morgan fingerprint density at radius 3 is 2.42 bits per heavy atom. The summed E-state index contributed by atoms with van der Waals surface area (Å²) in [5.74, 6) is 0.0219. The largest absolute Gasteiger partial charge is 0.400 e. The Balaban J connectivity index is 1.43. The lowest BCUT2D eigenvalue weighted by molar-refractivity contribution is -0.138. The highest BCUT2D eigenvalue weighted by molar-refractivity contribution is 5.89. The Bertz CT molecular complexity index is 978. The fourth-order valence-corrected chi connectivity index (χ4v) is 4.88. The van der Waals surface area contributed by atoms with E-state index in [1.807, 2.05) is 32.9 Å². The van der Waals surface area contributed by atoms with Crippen LogP contribution in [0.3, 0.4) is 0 Å². The van der Waals surface area contributed by atoms with E-state index < -0.39 is 17.6 Å². The zero-order valence-electron chi connectivity index (χ0n) is 23.0. The number of β-amino-alcohol motifs (C(OH)–C–C–N with tert-alkyl or cyclic N) is 1. The number of likely N-dealkylation sites (tertiary alicyclic amines) is 1. The molecule has 2 fully saturated rings. The van der Waals surface area contributed by atoms with Gasteiger partial charge in [-0.1, -0.05) is 20.8 Å². The van der Waals surface area contributed by atoms with Crippen LogP contribution in [0.25, 0.3) is 0 Å². The molecule has 0 radical (unpaired) electrons. The van der Waals surface area contributed by atoms with Crippen LogP contribution in [0.5, 0.6) is 0 Å². The maximum atomic E-state index is 13.0. The highest BCUT2D eigenvalue weighted by Gasteiger charge is 2.37.